The van der Waals surface area contributed by atoms with Gasteiger partial charge in [0.1, 0.15) is 17.4 Å². The van der Waals surface area contributed by atoms with Gasteiger partial charge >= 0.3 is 0 Å². The molecule has 0 heterocycles. The van der Waals surface area contributed by atoms with E-state index in [1.54, 1.807) is 0 Å². The first-order valence-electron chi connectivity index (χ1n) is 9.45. The van der Waals surface area contributed by atoms with Crippen LogP contribution in [0.25, 0.3) is 0 Å². The van der Waals surface area contributed by atoms with Crippen molar-refractivity contribution in [2.45, 2.75) is 0 Å². The molecule has 2 nitrogen and oxygen atoms in total. The summed E-state index contributed by atoms with van der Waals surface area (Å²) < 4.78 is 130. The van der Waals surface area contributed by atoms with Crippen molar-refractivity contribution in [2.75, 3.05) is 0 Å². The summed E-state index contributed by atoms with van der Waals surface area (Å²) in [5.41, 5.74) is -3.20. The fourth-order valence-corrected chi connectivity index (χ4v) is 2.95. The van der Waals surface area contributed by atoms with E-state index in [9.17, 15) is 53.5 Å². The maximum Gasteiger partial charge on any atom is 0.198 e. The second kappa shape index (κ2) is 11.6. The van der Waals surface area contributed by atoms with Crippen LogP contribution in [0.2, 0.25) is 0 Å². The van der Waals surface area contributed by atoms with Crippen molar-refractivity contribution >= 4 is 11.6 Å². The monoisotopic (exact) mass is 574 g/mol. The molecule has 0 atom stereocenters. The van der Waals surface area contributed by atoms with Crippen LogP contribution in [0.1, 0.15) is 31.8 Å². The molecular formula is C24H8F10FeO2-6. The Labute approximate surface area is 211 Å². The number of hydrogen-bond acceptors (Lipinski definition) is 2. The van der Waals surface area contributed by atoms with Crippen LogP contribution >= 0.6 is 0 Å². The number of benzene rings is 2. The van der Waals surface area contributed by atoms with Crippen LogP contribution in [0, 0.1) is 58.2 Å². The fraction of sp³-hybridized carbons (Fsp3) is 0. The Hall–Kier alpha value is -3.70. The molecule has 0 aliphatic rings. The first-order valence-corrected chi connectivity index (χ1v) is 9.45. The van der Waals surface area contributed by atoms with Crippen LogP contribution in [0.15, 0.2) is 48.5 Å². The summed E-state index contributed by atoms with van der Waals surface area (Å²) in [7, 11) is 0. The molecule has 0 saturated carbocycles. The van der Waals surface area contributed by atoms with Gasteiger partial charge in [0, 0.05) is 34.3 Å². The Morgan fingerprint density at radius 2 is 0.811 bits per heavy atom. The largest absolute Gasteiger partial charge is 0.644 e. The maximum absolute atomic E-state index is 13.3. The van der Waals surface area contributed by atoms with Crippen molar-refractivity contribution in [1.82, 2.24) is 0 Å². The Bertz CT molecular complexity index is 1290. The van der Waals surface area contributed by atoms with E-state index in [1.807, 2.05) is 0 Å². The minimum Gasteiger partial charge on any atom is -0.644 e. The van der Waals surface area contributed by atoms with Crippen LogP contribution in [0.4, 0.5) is 43.9 Å². The van der Waals surface area contributed by atoms with Crippen molar-refractivity contribution in [3.05, 3.63) is 129 Å². The van der Waals surface area contributed by atoms with Gasteiger partial charge in [-0.2, -0.15) is 12.1 Å². The van der Waals surface area contributed by atoms with Crippen molar-refractivity contribution < 1.29 is 70.6 Å². The molecule has 0 aromatic heterocycles. The van der Waals surface area contributed by atoms with E-state index in [0.717, 1.165) is 0 Å². The molecule has 0 aliphatic heterocycles. The van der Waals surface area contributed by atoms with Gasteiger partial charge in [-0.25, -0.2) is 43.9 Å². The first kappa shape index (κ1) is 29.5. The molecule has 37 heavy (non-hydrogen) atoms. The second-order valence-corrected chi connectivity index (χ2v) is 6.90. The minimum absolute atomic E-state index is 0. The summed E-state index contributed by atoms with van der Waals surface area (Å²) in [5.74, 6) is -24.1. The number of carbonyl (C=O) groups excluding carboxylic acids is 2. The number of carbonyl (C=O) groups is 2. The molecule has 4 aromatic rings. The summed E-state index contributed by atoms with van der Waals surface area (Å²) >= 11 is 0. The molecule has 0 saturated heterocycles. The summed E-state index contributed by atoms with van der Waals surface area (Å²) in [6, 6.07) is 10.4. The molecule has 0 unspecified atom stereocenters. The summed E-state index contributed by atoms with van der Waals surface area (Å²) in [6.45, 7) is 0. The van der Waals surface area contributed by atoms with E-state index in [0.29, 0.717) is 0 Å². The van der Waals surface area contributed by atoms with Crippen molar-refractivity contribution in [3.63, 3.8) is 0 Å². The minimum atomic E-state index is -2.29. The van der Waals surface area contributed by atoms with E-state index < -0.39 is 80.9 Å². The van der Waals surface area contributed by atoms with Crippen LogP contribution in [0.5, 0.6) is 0 Å². The van der Waals surface area contributed by atoms with Crippen LogP contribution in [-0.4, -0.2) is 11.6 Å². The Kier molecular flexibility index (Phi) is 9.23. The van der Waals surface area contributed by atoms with Gasteiger partial charge in [-0.1, -0.05) is 5.56 Å². The molecule has 0 fully saturated rings. The average Bonchev–Trinajstić information content (AvgIpc) is 3.59. The molecule has 0 N–H and O–H groups in total. The Morgan fingerprint density at radius 1 is 0.514 bits per heavy atom. The quantitative estimate of drug-likeness (QED) is 0.0683. The molecule has 200 valence electrons. The smallest absolute Gasteiger partial charge is 0.198 e. The summed E-state index contributed by atoms with van der Waals surface area (Å²) in [4.78, 5) is 23.3. The van der Waals surface area contributed by atoms with Crippen LogP contribution < -0.4 is 0 Å². The van der Waals surface area contributed by atoms with E-state index >= 15 is 0 Å². The Morgan fingerprint density at radius 3 is 1.16 bits per heavy atom. The van der Waals surface area contributed by atoms with Gasteiger partial charge in [0.15, 0.2) is 34.9 Å². The van der Waals surface area contributed by atoms with Gasteiger partial charge < -0.3 is 45.2 Å². The summed E-state index contributed by atoms with van der Waals surface area (Å²) in [6.07, 6.45) is 0. The van der Waals surface area contributed by atoms with E-state index in [1.165, 1.54) is 48.5 Å². The number of ketones is 2. The second-order valence-electron chi connectivity index (χ2n) is 6.90. The van der Waals surface area contributed by atoms with Gasteiger partial charge in [0.25, 0.3) is 0 Å². The summed E-state index contributed by atoms with van der Waals surface area (Å²) in [5, 5.41) is 0. The molecule has 0 amide bonds. The zero-order valence-electron chi connectivity index (χ0n) is 17.6. The third-order valence-corrected chi connectivity index (χ3v) is 4.72. The van der Waals surface area contributed by atoms with Gasteiger partial charge in [0.2, 0.25) is 0 Å². The van der Waals surface area contributed by atoms with Crippen LogP contribution in [-0.2, 0) is 17.1 Å². The third-order valence-electron chi connectivity index (χ3n) is 4.72. The zero-order valence-corrected chi connectivity index (χ0v) is 18.7. The van der Waals surface area contributed by atoms with E-state index in [4.69, 9.17) is 0 Å². The molecule has 0 aliphatic carbocycles. The van der Waals surface area contributed by atoms with Crippen molar-refractivity contribution in [2.24, 2.45) is 0 Å². The van der Waals surface area contributed by atoms with Crippen molar-refractivity contribution in [1.29, 1.82) is 0 Å². The van der Waals surface area contributed by atoms with Gasteiger partial charge in [-0.3, -0.25) is 5.56 Å². The van der Waals surface area contributed by atoms with Crippen LogP contribution in [0.3, 0.4) is 0 Å². The fourth-order valence-electron chi connectivity index (χ4n) is 2.95. The first-order chi connectivity index (χ1) is 16.9. The van der Waals surface area contributed by atoms with Gasteiger partial charge in [-0.05, 0) is 0 Å². The molecule has 0 radical (unpaired) electrons. The number of halogens is 10. The van der Waals surface area contributed by atoms with E-state index in [-0.39, 0.29) is 28.2 Å². The SMILES string of the molecule is O=C(c1c(F)c(F)c(F)c(F)c1F)[c-]1[cH-][cH-][cH-][cH-]1.O=C(c1c(F)c(F)c(F)c(F)c1F)[c-]1cccc1.[Fe]. The number of rotatable bonds is 4. The van der Waals surface area contributed by atoms with Gasteiger partial charge in [0.05, 0.1) is 0 Å². The van der Waals surface area contributed by atoms with Gasteiger partial charge in [-0.15, -0.1) is 12.1 Å². The molecule has 4 aromatic carbocycles. The topological polar surface area (TPSA) is 34.1 Å². The molecule has 0 spiro atoms. The molecule has 4 rings (SSSR count). The number of hydrogen-bond donors (Lipinski definition) is 0. The molecule has 0 bridgehead atoms. The molecular weight excluding hydrogens is 566 g/mol. The Balaban J connectivity index is 0.000000253. The van der Waals surface area contributed by atoms with E-state index in [2.05, 4.69) is 0 Å². The standard InChI is InChI=1S/2C12H4F5O.Fe/c2*13-7-6(12(18)5-3-1-2-4-5)8(14)10(16)11(17)9(7)15;/h2*1-4H;/q-5;-1;. The molecule has 13 heteroatoms. The third kappa shape index (κ3) is 5.37. The maximum atomic E-state index is 13.3. The predicted molar refractivity (Wildman–Crippen MR) is 103 cm³/mol. The average molecular weight is 574 g/mol. The normalized spacial score (nSPS) is 10.4. The zero-order chi connectivity index (χ0) is 26.9. The predicted octanol–water partition coefficient (Wildman–Crippen LogP) is 6.66. The van der Waals surface area contributed by atoms with Crippen molar-refractivity contribution in [3.8, 4) is 0 Å².